The molecule has 0 aliphatic carbocycles. The van der Waals surface area contributed by atoms with Crippen LogP contribution >= 0.6 is 0 Å². The van der Waals surface area contributed by atoms with E-state index in [4.69, 9.17) is 0 Å². The van der Waals surface area contributed by atoms with Gasteiger partial charge in [0.15, 0.2) is 9.84 Å². The molecule has 0 amide bonds. The smallest absolute Gasteiger partial charge is 0.247 e. The van der Waals surface area contributed by atoms with Gasteiger partial charge in [-0.05, 0) is 19.4 Å². The molecule has 2 N–H and O–H groups in total. The van der Waals surface area contributed by atoms with Gasteiger partial charge in [0.25, 0.3) is 0 Å². The number of aryl methyl sites for hydroxylation is 1. The molecular weight excluding hydrogens is 294 g/mol. The molecular formula is C13H17N3O4S. The molecule has 0 aromatic heterocycles. The van der Waals surface area contributed by atoms with Crippen molar-refractivity contribution in [3.8, 4) is 0 Å². The summed E-state index contributed by atoms with van der Waals surface area (Å²) in [5.41, 5.74) is 6.61. The van der Waals surface area contributed by atoms with Gasteiger partial charge >= 0.3 is 0 Å². The molecule has 2 fully saturated rings. The summed E-state index contributed by atoms with van der Waals surface area (Å²) < 4.78 is 24.9. The Hall–Kier alpha value is -1.51. The van der Waals surface area contributed by atoms with E-state index in [0.717, 1.165) is 11.1 Å². The van der Waals surface area contributed by atoms with E-state index < -0.39 is 43.4 Å². The van der Waals surface area contributed by atoms with Crippen LogP contribution in [-0.4, -0.2) is 35.9 Å². The number of fused-ring (bicyclic) bond motifs is 1. The lowest BCUT2D eigenvalue weighted by Gasteiger charge is -2.24. The van der Waals surface area contributed by atoms with E-state index in [-0.39, 0.29) is 0 Å². The number of hydrazine groups is 1. The molecule has 7 nitrogen and oxygen atoms in total. The SMILES string of the molecule is Cc1ccc(C2NNC3(C)C([N+](=O)[O-])CS(=O)(=O)C23)cc1. The van der Waals surface area contributed by atoms with E-state index >= 15 is 0 Å². The Balaban J connectivity index is 2.05. The van der Waals surface area contributed by atoms with E-state index in [2.05, 4.69) is 10.9 Å². The minimum atomic E-state index is -3.55. The van der Waals surface area contributed by atoms with Crippen molar-refractivity contribution in [3.63, 3.8) is 0 Å². The standard InChI is InChI=1S/C13H17N3O4S/c1-8-3-5-9(6-4-8)11-12-13(2,15-14-11)10(16(17)18)7-21(12,19)20/h3-6,10-12,14-15H,7H2,1-2H3. The Morgan fingerprint density at radius 3 is 2.52 bits per heavy atom. The van der Waals surface area contributed by atoms with E-state index in [1.165, 1.54) is 0 Å². The lowest BCUT2D eigenvalue weighted by Crippen LogP contribution is -2.55. The molecule has 21 heavy (non-hydrogen) atoms. The van der Waals surface area contributed by atoms with Crippen LogP contribution in [0.5, 0.6) is 0 Å². The number of hydrogen-bond donors (Lipinski definition) is 2. The average Bonchev–Trinajstić information content (AvgIpc) is 2.85. The van der Waals surface area contributed by atoms with Crippen molar-refractivity contribution in [2.75, 3.05) is 5.75 Å². The molecule has 4 atom stereocenters. The lowest BCUT2D eigenvalue weighted by molar-refractivity contribution is -0.526. The summed E-state index contributed by atoms with van der Waals surface area (Å²) in [5, 5.41) is 10.4. The molecule has 3 rings (SSSR count). The van der Waals surface area contributed by atoms with Crippen molar-refractivity contribution in [1.82, 2.24) is 10.9 Å². The number of nitrogens with zero attached hydrogens (tertiary/aromatic N) is 1. The predicted molar refractivity (Wildman–Crippen MR) is 77.0 cm³/mol. The highest BCUT2D eigenvalue weighted by Gasteiger charge is 2.67. The molecule has 0 bridgehead atoms. The number of nitro groups is 1. The van der Waals surface area contributed by atoms with Crippen molar-refractivity contribution < 1.29 is 13.3 Å². The van der Waals surface area contributed by atoms with Crippen molar-refractivity contribution >= 4 is 9.84 Å². The molecule has 0 radical (unpaired) electrons. The second-order valence-electron chi connectivity index (χ2n) is 5.99. The summed E-state index contributed by atoms with van der Waals surface area (Å²) in [7, 11) is -3.55. The first-order chi connectivity index (χ1) is 9.75. The fraction of sp³-hybridized carbons (Fsp3) is 0.538. The van der Waals surface area contributed by atoms with Gasteiger partial charge < -0.3 is 0 Å². The third-order valence-corrected chi connectivity index (χ3v) is 6.87. The van der Waals surface area contributed by atoms with Crippen LogP contribution in [0.4, 0.5) is 0 Å². The summed E-state index contributed by atoms with van der Waals surface area (Å²) in [6, 6.07) is 5.89. The van der Waals surface area contributed by atoms with Crippen molar-refractivity contribution in [1.29, 1.82) is 0 Å². The number of benzene rings is 1. The Labute approximate surface area is 122 Å². The van der Waals surface area contributed by atoms with Gasteiger partial charge in [-0.1, -0.05) is 29.8 Å². The van der Waals surface area contributed by atoms with Crippen LogP contribution in [0.1, 0.15) is 24.1 Å². The minimum Gasteiger partial charge on any atom is -0.264 e. The highest BCUT2D eigenvalue weighted by atomic mass is 32.2. The quantitative estimate of drug-likeness (QED) is 0.603. The van der Waals surface area contributed by atoms with Crippen LogP contribution in [0.15, 0.2) is 24.3 Å². The topological polar surface area (TPSA) is 101 Å². The molecule has 0 spiro atoms. The van der Waals surface area contributed by atoms with Crippen molar-refractivity contribution in [2.24, 2.45) is 0 Å². The molecule has 8 heteroatoms. The van der Waals surface area contributed by atoms with Gasteiger partial charge in [-0.25, -0.2) is 19.3 Å². The zero-order valence-electron chi connectivity index (χ0n) is 11.7. The fourth-order valence-electron chi connectivity index (χ4n) is 3.39. The maximum absolute atomic E-state index is 12.4. The summed E-state index contributed by atoms with van der Waals surface area (Å²) >= 11 is 0. The van der Waals surface area contributed by atoms with Crippen LogP contribution in [0.2, 0.25) is 0 Å². The van der Waals surface area contributed by atoms with Gasteiger partial charge in [0.2, 0.25) is 6.04 Å². The Bertz CT molecular complexity index is 688. The summed E-state index contributed by atoms with van der Waals surface area (Å²) in [6.45, 7) is 3.56. The van der Waals surface area contributed by atoms with Crippen LogP contribution in [0.25, 0.3) is 0 Å². The number of sulfone groups is 1. The van der Waals surface area contributed by atoms with E-state index in [9.17, 15) is 18.5 Å². The zero-order valence-corrected chi connectivity index (χ0v) is 12.6. The summed E-state index contributed by atoms with van der Waals surface area (Å²) in [5.74, 6) is -0.418. The molecule has 2 aliphatic heterocycles. The second kappa shape index (κ2) is 4.49. The highest BCUT2D eigenvalue weighted by Crippen LogP contribution is 2.43. The molecule has 4 unspecified atom stereocenters. The Morgan fingerprint density at radius 1 is 1.33 bits per heavy atom. The second-order valence-corrected chi connectivity index (χ2v) is 8.16. The molecule has 114 valence electrons. The van der Waals surface area contributed by atoms with Crippen LogP contribution < -0.4 is 10.9 Å². The molecule has 1 aromatic carbocycles. The van der Waals surface area contributed by atoms with E-state index in [1.54, 1.807) is 6.92 Å². The summed E-state index contributed by atoms with van der Waals surface area (Å²) in [6.07, 6.45) is 0. The molecule has 1 aromatic rings. The maximum atomic E-state index is 12.4. The van der Waals surface area contributed by atoms with Crippen molar-refractivity contribution in [3.05, 3.63) is 45.5 Å². The van der Waals surface area contributed by atoms with Crippen LogP contribution in [0, 0.1) is 17.0 Å². The minimum absolute atomic E-state index is 0.418. The number of rotatable bonds is 2. The van der Waals surface area contributed by atoms with Gasteiger partial charge in [0, 0.05) is 4.92 Å². The Kier molecular flexibility index (Phi) is 3.09. The van der Waals surface area contributed by atoms with Crippen molar-refractivity contribution in [2.45, 2.75) is 36.7 Å². The van der Waals surface area contributed by atoms with Crippen LogP contribution in [-0.2, 0) is 9.84 Å². The monoisotopic (exact) mass is 311 g/mol. The zero-order chi connectivity index (χ0) is 15.4. The van der Waals surface area contributed by atoms with Gasteiger partial charge in [-0.2, -0.15) is 0 Å². The lowest BCUT2D eigenvalue weighted by atomic mass is 9.87. The van der Waals surface area contributed by atoms with Gasteiger partial charge in [-0.15, -0.1) is 0 Å². The molecule has 2 aliphatic rings. The average molecular weight is 311 g/mol. The third kappa shape index (κ3) is 2.05. The first-order valence-corrected chi connectivity index (χ1v) is 8.41. The normalized spacial score (nSPS) is 37.3. The Morgan fingerprint density at radius 2 is 1.95 bits per heavy atom. The predicted octanol–water partition coefficient (Wildman–Crippen LogP) is 0.345. The van der Waals surface area contributed by atoms with E-state index in [1.807, 2.05) is 31.2 Å². The first kappa shape index (κ1) is 14.4. The maximum Gasteiger partial charge on any atom is 0.247 e. The fourth-order valence-corrected chi connectivity index (χ4v) is 6.11. The van der Waals surface area contributed by atoms with Gasteiger partial charge in [0.1, 0.15) is 16.5 Å². The van der Waals surface area contributed by atoms with Gasteiger partial charge in [-0.3, -0.25) is 10.1 Å². The molecule has 2 saturated heterocycles. The van der Waals surface area contributed by atoms with Crippen LogP contribution in [0.3, 0.4) is 0 Å². The largest absolute Gasteiger partial charge is 0.264 e. The number of hydrogen-bond acceptors (Lipinski definition) is 6. The number of nitrogens with one attached hydrogen (secondary N) is 2. The third-order valence-electron chi connectivity index (χ3n) is 4.55. The first-order valence-electron chi connectivity index (χ1n) is 6.70. The van der Waals surface area contributed by atoms with E-state index in [0.29, 0.717) is 0 Å². The van der Waals surface area contributed by atoms with Gasteiger partial charge in [0.05, 0.1) is 6.04 Å². The highest BCUT2D eigenvalue weighted by molar-refractivity contribution is 7.92. The molecule has 0 saturated carbocycles. The summed E-state index contributed by atoms with van der Waals surface area (Å²) in [4.78, 5) is 10.7. The molecule has 2 heterocycles.